The van der Waals surface area contributed by atoms with Crippen molar-refractivity contribution in [1.29, 1.82) is 0 Å². The second-order valence-electron chi connectivity index (χ2n) is 5.06. The largest absolute Gasteiger partial charge is 0.444 e. The van der Waals surface area contributed by atoms with Crippen LogP contribution in [0.2, 0.25) is 0 Å². The lowest BCUT2D eigenvalue weighted by atomic mass is 10.2. The molecule has 0 spiro atoms. The molecule has 0 aliphatic heterocycles. The average molecular weight is 270 g/mol. The highest BCUT2D eigenvalue weighted by atomic mass is 19.1. The average Bonchev–Trinajstić information content (AvgIpc) is 2.27. The van der Waals surface area contributed by atoms with E-state index in [1.165, 1.54) is 19.2 Å². The molecule has 0 fully saturated rings. The number of carbonyl (C=O) groups is 1. The van der Waals surface area contributed by atoms with Crippen molar-refractivity contribution in [3.63, 3.8) is 0 Å². The Bertz CT molecular complexity index is 415. The van der Waals surface area contributed by atoms with Crippen molar-refractivity contribution in [3.05, 3.63) is 29.8 Å². The van der Waals surface area contributed by atoms with Gasteiger partial charge in [0.1, 0.15) is 11.4 Å². The standard InChI is InChI=1S/C13H19FN2O3/c1-13(2,3)19-12(17)16-11(8-18-4)10-6-5-9(14)7-15-10/h5-7,11H,8H2,1-4H3,(H,16,17)/t11-/m0/s1. The molecule has 0 saturated heterocycles. The Morgan fingerprint density at radius 1 is 1.47 bits per heavy atom. The van der Waals surface area contributed by atoms with Gasteiger partial charge in [-0.3, -0.25) is 4.98 Å². The number of methoxy groups -OCH3 is 1. The van der Waals surface area contributed by atoms with Crippen LogP contribution in [0.5, 0.6) is 0 Å². The maximum Gasteiger partial charge on any atom is 0.408 e. The highest BCUT2D eigenvalue weighted by molar-refractivity contribution is 5.68. The third-order valence-corrected chi connectivity index (χ3v) is 2.13. The molecular weight excluding hydrogens is 251 g/mol. The van der Waals surface area contributed by atoms with Crippen LogP contribution in [-0.2, 0) is 9.47 Å². The van der Waals surface area contributed by atoms with Crippen LogP contribution in [0.15, 0.2) is 18.3 Å². The molecule has 19 heavy (non-hydrogen) atoms. The zero-order valence-corrected chi connectivity index (χ0v) is 11.6. The van der Waals surface area contributed by atoms with Crippen LogP contribution in [-0.4, -0.2) is 30.4 Å². The first kappa shape index (κ1) is 15.4. The molecule has 1 amide bonds. The summed E-state index contributed by atoms with van der Waals surface area (Å²) in [6.45, 7) is 5.54. The number of halogens is 1. The van der Waals surface area contributed by atoms with E-state index in [2.05, 4.69) is 10.3 Å². The summed E-state index contributed by atoms with van der Waals surface area (Å²) in [7, 11) is 1.51. The van der Waals surface area contributed by atoms with E-state index in [9.17, 15) is 9.18 Å². The predicted octanol–water partition coefficient (Wildman–Crippen LogP) is 2.43. The summed E-state index contributed by atoms with van der Waals surface area (Å²) in [5.74, 6) is -0.433. The van der Waals surface area contributed by atoms with E-state index < -0.39 is 23.6 Å². The lowest BCUT2D eigenvalue weighted by molar-refractivity contribution is 0.0466. The van der Waals surface area contributed by atoms with Gasteiger partial charge in [0.2, 0.25) is 0 Å². The van der Waals surface area contributed by atoms with Gasteiger partial charge in [-0.15, -0.1) is 0 Å². The maximum atomic E-state index is 12.8. The van der Waals surface area contributed by atoms with E-state index in [4.69, 9.17) is 9.47 Å². The molecule has 0 unspecified atom stereocenters. The number of nitrogens with one attached hydrogen (secondary N) is 1. The van der Waals surface area contributed by atoms with E-state index in [0.717, 1.165) is 6.20 Å². The van der Waals surface area contributed by atoms with E-state index in [-0.39, 0.29) is 6.61 Å². The van der Waals surface area contributed by atoms with Crippen molar-refractivity contribution in [2.75, 3.05) is 13.7 Å². The Morgan fingerprint density at radius 3 is 2.63 bits per heavy atom. The molecule has 1 rings (SSSR count). The van der Waals surface area contributed by atoms with E-state index in [1.807, 2.05) is 0 Å². The smallest absolute Gasteiger partial charge is 0.408 e. The number of alkyl carbamates (subject to hydrolysis) is 1. The van der Waals surface area contributed by atoms with Crippen LogP contribution in [0.4, 0.5) is 9.18 Å². The minimum atomic E-state index is -0.585. The van der Waals surface area contributed by atoms with Crippen LogP contribution in [0, 0.1) is 5.82 Å². The molecule has 1 atom stereocenters. The van der Waals surface area contributed by atoms with Gasteiger partial charge in [0.15, 0.2) is 0 Å². The fraction of sp³-hybridized carbons (Fsp3) is 0.538. The molecule has 1 heterocycles. The normalized spacial score (nSPS) is 12.9. The van der Waals surface area contributed by atoms with Crippen LogP contribution in [0.3, 0.4) is 0 Å². The van der Waals surface area contributed by atoms with Gasteiger partial charge in [-0.1, -0.05) is 0 Å². The first-order chi connectivity index (χ1) is 8.81. The molecule has 106 valence electrons. The van der Waals surface area contributed by atoms with Crippen LogP contribution in [0.25, 0.3) is 0 Å². The zero-order valence-electron chi connectivity index (χ0n) is 11.6. The van der Waals surface area contributed by atoms with Crippen molar-refractivity contribution in [1.82, 2.24) is 10.3 Å². The number of pyridine rings is 1. The molecule has 0 bridgehead atoms. The number of rotatable bonds is 4. The van der Waals surface area contributed by atoms with Gasteiger partial charge in [-0.2, -0.15) is 0 Å². The zero-order chi connectivity index (χ0) is 14.5. The second-order valence-corrected chi connectivity index (χ2v) is 5.06. The number of aromatic nitrogens is 1. The Kier molecular flexibility index (Phi) is 5.23. The summed E-state index contributed by atoms with van der Waals surface area (Å²) in [6.07, 6.45) is 0.523. The highest BCUT2D eigenvalue weighted by Crippen LogP contribution is 2.13. The van der Waals surface area contributed by atoms with Crippen molar-refractivity contribution < 1.29 is 18.7 Å². The molecule has 0 aliphatic rings. The van der Waals surface area contributed by atoms with Crippen LogP contribution < -0.4 is 5.32 Å². The predicted molar refractivity (Wildman–Crippen MR) is 68.2 cm³/mol. The Labute approximate surface area is 112 Å². The topological polar surface area (TPSA) is 60.5 Å². The van der Waals surface area contributed by atoms with E-state index >= 15 is 0 Å². The lowest BCUT2D eigenvalue weighted by Gasteiger charge is -2.23. The summed E-state index contributed by atoms with van der Waals surface area (Å²) in [5.41, 5.74) is -0.0770. The number of hydrogen-bond acceptors (Lipinski definition) is 4. The second kappa shape index (κ2) is 6.47. The third-order valence-electron chi connectivity index (χ3n) is 2.13. The molecule has 5 nitrogen and oxygen atoms in total. The lowest BCUT2D eigenvalue weighted by Crippen LogP contribution is -2.36. The van der Waals surface area contributed by atoms with Gasteiger partial charge < -0.3 is 14.8 Å². The number of amides is 1. The van der Waals surface area contributed by atoms with Gasteiger partial charge in [0.05, 0.1) is 24.5 Å². The first-order valence-electron chi connectivity index (χ1n) is 5.92. The molecule has 6 heteroatoms. The van der Waals surface area contributed by atoms with E-state index in [0.29, 0.717) is 5.69 Å². The Morgan fingerprint density at radius 2 is 2.16 bits per heavy atom. The fourth-order valence-electron chi connectivity index (χ4n) is 1.41. The van der Waals surface area contributed by atoms with Gasteiger partial charge in [0, 0.05) is 7.11 Å². The highest BCUT2D eigenvalue weighted by Gasteiger charge is 2.21. The SMILES string of the molecule is COC[C@H](NC(=O)OC(C)(C)C)c1ccc(F)cn1. The summed E-state index contributed by atoms with van der Waals surface area (Å²) in [5, 5.41) is 2.64. The van der Waals surface area contributed by atoms with Crippen molar-refractivity contribution in [3.8, 4) is 0 Å². The monoisotopic (exact) mass is 270 g/mol. The van der Waals surface area contributed by atoms with Crippen molar-refractivity contribution in [2.45, 2.75) is 32.4 Å². The van der Waals surface area contributed by atoms with Gasteiger partial charge in [-0.25, -0.2) is 9.18 Å². The van der Waals surface area contributed by atoms with E-state index in [1.54, 1.807) is 20.8 Å². The minimum Gasteiger partial charge on any atom is -0.444 e. The molecule has 0 saturated carbocycles. The number of carbonyl (C=O) groups excluding carboxylic acids is 1. The summed E-state index contributed by atoms with van der Waals surface area (Å²) >= 11 is 0. The maximum absolute atomic E-state index is 12.8. The Balaban J connectivity index is 2.73. The Hall–Kier alpha value is -1.69. The molecule has 1 aromatic rings. The molecule has 1 N–H and O–H groups in total. The van der Waals surface area contributed by atoms with Crippen LogP contribution >= 0.6 is 0 Å². The fourth-order valence-corrected chi connectivity index (χ4v) is 1.41. The number of ether oxygens (including phenoxy) is 2. The van der Waals surface area contributed by atoms with Gasteiger partial charge >= 0.3 is 6.09 Å². The first-order valence-corrected chi connectivity index (χ1v) is 5.92. The van der Waals surface area contributed by atoms with Crippen LogP contribution in [0.1, 0.15) is 32.5 Å². The van der Waals surface area contributed by atoms with Crippen molar-refractivity contribution >= 4 is 6.09 Å². The molecule has 1 aromatic heterocycles. The summed E-state index contributed by atoms with van der Waals surface area (Å²) < 4.78 is 23.0. The molecule has 0 aromatic carbocycles. The number of hydrogen-bond donors (Lipinski definition) is 1. The third kappa shape index (κ3) is 5.65. The summed E-state index contributed by atoms with van der Waals surface area (Å²) in [4.78, 5) is 15.6. The minimum absolute atomic E-state index is 0.220. The molecular formula is C13H19FN2O3. The number of nitrogens with zero attached hydrogens (tertiary/aromatic N) is 1. The van der Waals surface area contributed by atoms with Gasteiger partial charge in [0.25, 0.3) is 0 Å². The summed E-state index contributed by atoms with van der Waals surface area (Å²) in [6, 6.07) is 2.29. The molecule has 0 aliphatic carbocycles. The van der Waals surface area contributed by atoms with Gasteiger partial charge in [-0.05, 0) is 32.9 Å². The molecule has 0 radical (unpaired) electrons. The quantitative estimate of drug-likeness (QED) is 0.912. The van der Waals surface area contributed by atoms with Crippen molar-refractivity contribution in [2.24, 2.45) is 0 Å².